The first kappa shape index (κ1) is 7.56. The molecule has 0 amide bonds. The zero-order valence-corrected chi connectivity index (χ0v) is 7.87. The summed E-state index contributed by atoms with van der Waals surface area (Å²) in [6.07, 6.45) is 1.20. The van der Waals surface area contributed by atoms with E-state index >= 15 is 0 Å². The van der Waals surface area contributed by atoms with Crippen LogP contribution in [0.3, 0.4) is 0 Å². The Balaban J connectivity index is 2.44. The Morgan fingerprint density at radius 3 is 3.00 bits per heavy atom. The second-order valence-electron chi connectivity index (χ2n) is 2.69. The normalized spacial score (nSPS) is 22.8. The standard InChI is InChI=1S/C9H10S2/c10-8-5-6-11-9-4-2-1-3-7(8)9/h1-4,8,10H,5-6H2/t8-/m0/s1. The van der Waals surface area contributed by atoms with E-state index in [1.807, 2.05) is 11.8 Å². The lowest BCUT2D eigenvalue weighted by atomic mass is 10.1. The fraction of sp³-hybridized carbons (Fsp3) is 0.333. The number of rotatable bonds is 0. The molecule has 0 saturated heterocycles. The highest BCUT2D eigenvalue weighted by Crippen LogP contribution is 2.38. The van der Waals surface area contributed by atoms with Crippen LogP contribution in [0.4, 0.5) is 0 Å². The van der Waals surface area contributed by atoms with Crippen molar-refractivity contribution in [3.05, 3.63) is 29.8 Å². The fourth-order valence-corrected chi connectivity index (χ4v) is 3.06. The lowest BCUT2D eigenvalue weighted by molar-refractivity contribution is 0.872. The number of hydrogen-bond acceptors (Lipinski definition) is 2. The van der Waals surface area contributed by atoms with Crippen LogP contribution in [0.25, 0.3) is 0 Å². The number of hydrogen-bond donors (Lipinski definition) is 1. The Bertz CT molecular complexity index is 257. The molecule has 0 saturated carbocycles. The zero-order chi connectivity index (χ0) is 7.68. The third kappa shape index (κ3) is 1.42. The van der Waals surface area contributed by atoms with Gasteiger partial charge in [-0.3, -0.25) is 0 Å². The molecular formula is C9H10S2. The zero-order valence-electron chi connectivity index (χ0n) is 6.16. The summed E-state index contributed by atoms with van der Waals surface area (Å²) in [4.78, 5) is 1.42. The summed E-state index contributed by atoms with van der Waals surface area (Å²) < 4.78 is 0. The topological polar surface area (TPSA) is 0 Å². The van der Waals surface area contributed by atoms with E-state index in [0.29, 0.717) is 5.25 Å². The lowest BCUT2D eigenvalue weighted by Crippen LogP contribution is -2.00. The number of fused-ring (bicyclic) bond motifs is 1. The summed E-state index contributed by atoms with van der Waals surface area (Å²) in [5.74, 6) is 1.21. The van der Waals surface area contributed by atoms with E-state index in [4.69, 9.17) is 0 Å². The molecule has 0 radical (unpaired) electrons. The molecular weight excluding hydrogens is 172 g/mol. The molecule has 0 spiro atoms. The van der Waals surface area contributed by atoms with E-state index < -0.39 is 0 Å². The van der Waals surface area contributed by atoms with Crippen molar-refractivity contribution in [1.29, 1.82) is 0 Å². The Hall–Kier alpha value is -0.0800. The van der Waals surface area contributed by atoms with Gasteiger partial charge in [-0.25, -0.2) is 0 Å². The highest BCUT2D eigenvalue weighted by molar-refractivity contribution is 7.99. The van der Waals surface area contributed by atoms with E-state index in [0.717, 1.165) is 0 Å². The minimum absolute atomic E-state index is 0.465. The van der Waals surface area contributed by atoms with Crippen molar-refractivity contribution in [2.75, 3.05) is 5.75 Å². The predicted octanol–water partition coefficient (Wildman–Crippen LogP) is 3.15. The Kier molecular flexibility index (Phi) is 2.14. The van der Waals surface area contributed by atoms with Crippen LogP contribution in [0.5, 0.6) is 0 Å². The molecule has 0 N–H and O–H groups in total. The third-order valence-electron chi connectivity index (χ3n) is 1.93. The van der Waals surface area contributed by atoms with Gasteiger partial charge in [-0.15, -0.1) is 11.8 Å². The number of thioether (sulfide) groups is 1. The lowest BCUT2D eigenvalue weighted by Gasteiger charge is -2.20. The molecule has 2 rings (SSSR count). The molecule has 1 aromatic carbocycles. The average molecular weight is 182 g/mol. The molecule has 0 fully saturated rings. The van der Waals surface area contributed by atoms with Gasteiger partial charge in [0.15, 0.2) is 0 Å². The average Bonchev–Trinajstić information content (AvgIpc) is 2.06. The van der Waals surface area contributed by atoms with Crippen molar-refractivity contribution in [1.82, 2.24) is 0 Å². The number of thiol groups is 1. The highest BCUT2D eigenvalue weighted by atomic mass is 32.2. The van der Waals surface area contributed by atoms with Crippen molar-refractivity contribution in [3.8, 4) is 0 Å². The summed E-state index contributed by atoms with van der Waals surface area (Å²) in [6.45, 7) is 0. The van der Waals surface area contributed by atoms with Crippen molar-refractivity contribution in [2.45, 2.75) is 16.6 Å². The molecule has 11 heavy (non-hydrogen) atoms. The molecule has 2 heteroatoms. The van der Waals surface area contributed by atoms with Crippen molar-refractivity contribution in [2.24, 2.45) is 0 Å². The molecule has 0 bridgehead atoms. The van der Waals surface area contributed by atoms with Gasteiger partial charge in [0.25, 0.3) is 0 Å². The smallest absolute Gasteiger partial charge is 0.0286 e. The van der Waals surface area contributed by atoms with Crippen LogP contribution in [0.2, 0.25) is 0 Å². The maximum atomic E-state index is 4.53. The van der Waals surface area contributed by atoms with Gasteiger partial charge < -0.3 is 0 Å². The quantitative estimate of drug-likeness (QED) is 0.601. The van der Waals surface area contributed by atoms with Crippen LogP contribution in [0.1, 0.15) is 17.2 Å². The van der Waals surface area contributed by atoms with Gasteiger partial charge in [0, 0.05) is 10.1 Å². The first-order chi connectivity index (χ1) is 5.38. The van der Waals surface area contributed by atoms with Gasteiger partial charge >= 0.3 is 0 Å². The minimum atomic E-state index is 0.465. The molecule has 1 aliphatic heterocycles. The molecule has 58 valence electrons. The first-order valence-corrected chi connectivity index (χ1v) is 5.28. The number of benzene rings is 1. The van der Waals surface area contributed by atoms with Crippen molar-refractivity contribution < 1.29 is 0 Å². The van der Waals surface area contributed by atoms with Gasteiger partial charge in [0.05, 0.1) is 0 Å². The van der Waals surface area contributed by atoms with E-state index in [9.17, 15) is 0 Å². The summed E-state index contributed by atoms with van der Waals surface area (Å²) in [7, 11) is 0. The first-order valence-electron chi connectivity index (χ1n) is 3.78. The van der Waals surface area contributed by atoms with Crippen LogP contribution >= 0.6 is 24.4 Å². The molecule has 1 aliphatic rings. The summed E-state index contributed by atoms with van der Waals surface area (Å²) in [5.41, 5.74) is 1.41. The summed E-state index contributed by atoms with van der Waals surface area (Å²) in [5, 5.41) is 0.465. The van der Waals surface area contributed by atoms with Crippen LogP contribution in [0, 0.1) is 0 Å². The van der Waals surface area contributed by atoms with Gasteiger partial charge in [-0.2, -0.15) is 12.6 Å². The molecule has 0 unspecified atom stereocenters. The van der Waals surface area contributed by atoms with E-state index in [1.165, 1.54) is 22.6 Å². The Morgan fingerprint density at radius 2 is 2.18 bits per heavy atom. The van der Waals surface area contributed by atoms with E-state index in [-0.39, 0.29) is 0 Å². The predicted molar refractivity (Wildman–Crippen MR) is 53.5 cm³/mol. The summed E-state index contributed by atoms with van der Waals surface area (Å²) in [6, 6.07) is 8.55. The molecule has 0 aliphatic carbocycles. The molecule has 0 aromatic heterocycles. The molecule has 1 aromatic rings. The van der Waals surface area contributed by atoms with Gasteiger partial charge in [0.1, 0.15) is 0 Å². The largest absolute Gasteiger partial charge is 0.171 e. The van der Waals surface area contributed by atoms with Gasteiger partial charge in [0.2, 0.25) is 0 Å². The SMILES string of the molecule is S[C@H]1CCSc2ccccc21. The van der Waals surface area contributed by atoms with Gasteiger partial charge in [-0.1, -0.05) is 18.2 Å². The third-order valence-corrected chi connectivity index (χ3v) is 3.59. The van der Waals surface area contributed by atoms with Crippen LogP contribution < -0.4 is 0 Å². The summed E-state index contributed by atoms with van der Waals surface area (Å²) >= 11 is 6.47. The second kappa shape index (κ2) is 3.11. The van der Waals surface area contributed by atoms with E-state index in [1.54, 1.807) is 0 Å². The Morgan fingerprint density at radius 1 is 1.36 bits per heavy atom. The maximum absolute atomic E-state index is 4.53. The van der Waals surface area contributed by atoms with Crippen LogP contribution in [-0.4, -0.2) is 5.75 Å². The van der Waals surface area contributed by atoms with Crippen LogP contribution in [-0.2, 0) is 0 Å². The minimum Gasteiger partial charge on any atom is -0.171 e. The van der Waals surface area contributed by atoms with E-state index in [2.05, 4.69) is 36.9 Å². The fourth-order valence-electron chi connectivity index (χ4n) is 1.32. The molecule has 1 atom stereocenters. The highest BCUT2D eigenvalue weighted by Gasteiger charge is 2.15. The van der Waals surface area contributed by atoms with Gasteiger partial charge in [-0.05, 0) is 23.8 Å². The molecule has 0 nitrogen and oxygen atoms in total. The van der Waals surface area contributed by atoms with Crippen LogP contribution in [0.15, 0.2) is 29.2 Å². The molecule has 1 heterocycles. The van der Waals surface area contributed by atoms with Crippen molar-refractivity contribution >= 4 is 24.4 Å². The monoisotopic (exact) mass is 182 g/mol. The second-order valence-corrected chi connectivity index (χ2v) is 4.45. The van der Waals surface area contributed by atoms with Crippen molar-refractivity contribution in [3.63, 3.8) is 0 Å². The maximum Gasteiger partial charge on any atom is 0.0286 e. The Labute approximate surface area is 76.8 Å².